The Morgan fingerprint density at radius 3 is 3.00 bits per heavy atom. The fraction of sp³-hybridized carbons (Fsp3) is 0.389. The molecule has 1 aliphatic rings. The van der Waals surface area contributed by atoms with Crippen LogP contribution >= 0.6 is 11.6 Å². The molecule has 2 heterocycles. The third-order valence-electron chi connectivity index (χ3n) is 4.26. The zero-order valence-corrected chi connectivity index (χ0v) is 14.7. The standard InChI is InChI=1S/C18H21ClN4O/c1-12-4-3-9-23(11-12)18-20-8-7-15(22-18)17(24)21-16-10-14(19)6-5-13(16)2/h5-8,10,12H,3-4,9,11H2,1-2H3,(H,21,24). The molecule has 6 heteroatoms. The highest BCUT2D eigenvalue weighted by atomic mass is 35.5. The molecule has 1 aliphatic heterocycles. The summed E-state index contributed by atoms with van der Waals surface area (Å²) in [6, 6.07) is 7.04. The number of halogens is 1. The molecule has 1 unspecified atom stereocenters. The van der Waals surface area contributed by atoms with Gasteiger partial charge in [0, 0.05) is 30.0 Å². The number of carbonyl (C=O) groups excluding carboxylic acids is 1. The lowest BCUT2D eigenvalue weighted by Crippen LogP contribution is -2.35. The molecule has 5 nitrogen and oxygen atoms in total. The maximum absolute atomic E-state index is 12.5. The normalized spacial score (nSPS) is 17.6. The molecule has 126 valence electrons. The van der Waals surface area contributed by atoms with Crippen molar-refractivity contribution in [2.24, 2.45) is 5.92 Å². The lowest BCUT2D eigenvalue weighted by molar-refractivity contribution is 0.102. The van der Waals surface area contributed by atoms with Gasteiger partial charge in [-0.1, -0.05) is 24.6 Å². The number of nitrogens with one attached hydrogen (secondary N) is 1. The molecule has 1 amide bonds. The van der Waals surface area contributed by atoms with E-state index in [1.807, 2.05) is 13.0 Å². The van der Waals surface area contributed by atoms with Gasteiger partial charge >= 0.3 is 0 Å². The molecule has 0 bridgehead atoms. The number of nitrogens with zero attached hydrogens (tertiary/aromatic N) is 3. The number of hydrogen-bond donors (Lipinski definition) is 1. The molecule has 1 saturated heterocycles. The van der Waals surface area contributed by atoms with Crippen LogP contribution in [0.4, 0.5) is 11.6 Å². The molecule has 1 N–H and O–H groups in total. The van der Waals surface area contributed by atoms with E-state index in [0.717, 1.165) is 25.1 Å². The van der Waals surface area contributed by atoms with Gasteiger partial charge in [0.05, 0.1) is 0 Å². The number of benzene rings is 1. The Hall–Kier alpha value is -2.14. The van der Waals surface area contributed by atoms with Crippen molar-refractivity contribution >= 4 is 29.1 Å². The van der Waals surface area contributed by atoms with E-state index in [1.165, 1.54) is 6.42 Å². The zero-order chi connectivity index (χ0) is 17.1. The average molecular weight is 345 g/mol. The smallest absolute Gasteiger partial charge is 0.274 e. The van der Waals surface area contributed by atoms with Crippen LogP contribution in [-0.4, -0.2) is 29.0 Å². The molecule has 2 aromatic rings. The van der Waals surface area contributed by atoms with E-state index in [9.17, 15) is 4.79 Å². The molecular weight excluding hydrogens is 324 g/mol. The van der Waals surface area contributed by atoms with Gasteiger partial charge in [-0.15, -0.1) is 0 Å². The average Bonchev–Trinajstić information content (AvgIpc) is 2.58. The minimum absolute atomic E-state index is 0.255. The maximum atomic E-state index is 12.5. The predicted molar refractivity (Wildman–Crippen MR) is 96.8 cm³/mol. The Morgan fingerprint density at radius 2 is 2.21 bits per heavy atom. The van der Waals surface area contributed by atoms with Gasteiger partial charge in [0.25, 0.3) is 5.91 Å². The second kappa shape index (κ2) is 7.18. The molecule has 1 fully saturated rings. The zero-order valence-electron chi connectivity index (χ0n) is 13.9. The van der Waals surface area contributed by atoms with Crippen LogP contribution in [0.1, 0.15) is 35.8 Å². The minimum Gasteiger partial charge on any atom is -0.341 e. The molecule has 0 spiro atoms. The van der Waals surface area contributed by atoms with Gasteiger partial charge in [0.2, 0.25) is 5.95 Å². The van der Waals surface area contributed by atoms with Gasteiger partial charge in [0.1, 0.15) is 5.69 Å². The summed E-state index contributed by atoms with van der Waals surface area (Å²) >= 11 is 6.00. The van der Waals surface area contributed by atoms with Gasteiger partial charge in [-0.25, -0.2) is 9.97 Å². The maximum Gasteiger partial charge on any atom is 0.274 e. The molecular formula is C18H21ClN4O. The summed E-state index contributed by atoms with van der Waals surface area (Å²) in [7, 11) is 0. The quantitative estimate of drug-likeness (QED) is 0.916. The number of aromatic nitrogens is 2. The van der Waals surface area contributed by atoms with Crippen molar-refractivity contribution in [2.75, 3.05) is 23.3 Å². The second-order valence-electron chi connectivity index (χ2n) is 6.35. The SMILES string of the molecule is Cc1ccc(Cl)cc1NC(=O)c1ccnc(N2CCCC(C)C2)n1. The molecule has 1 aromatic heterocycles. The highest BCUT2D eigenvalue weighted by Crippen LogP contribution is 2.22. The van der Waals surface area contributed by atoms with E-state index in [4.69, 9.17) is 11.6 Å². The predicted octanol–water partition coefficient (Wildman–Crippen LogP) is 3.93. The Labute approximate surface area is 147 Å². The first-order chi connectivity index (χ1) is 11.5. The molecule has 1 aromatic carbocycles. The lowest BCUT2D eigenvalue weighted by atomic mass is 10.0. The minimum atomic E-state index is -0.255. The van der Waals surface area contributed by atoms with E-state index >= 15 is 0 Å². The molecule has 3 rings (SSSR count). The highest BCUT2D eigenvalue weighted by molar-refractivity contribution is 6.31. The highest BCUT2D eigenvalue weighted by Gasteiger charge is 2.20. The summed E-state index contributed by atoms with van der Waals surface area (Å²) in [6.45, 7) is 6.01. The third-order valence-corrected chi connectivity index (χ3v) is 4.50. The van der Waals surface area contributed by atoms with Crippen molar-refractivity contribution in [3.63, 3.8) is 0 Å². The topological polar surface area (TPSA) is 58.1 Å². The van der Waals surface area contributed by atoms with E-state index in [2.05, 4.69) is 27.1 Å². The Kier molecular flexibility index (Phi) is 5.00. The summed E-state index contributed by atoms with van der Waals surface area (Å²) < 4.78 is 0. The van der Waals surface area contributed by atoms with Crippen LogP contribution < -0.4 is 10.2 Å². The van der Waals surface area contributed by atoms with E-state index in [-0.39, 0.29) is 5.91 Å². The molecule has 0 aliphatic carbocycles. The molecule has 0 saturated carbocycles. The van der Waals surface area contributed by atoms with Crippen molar-refractivity contribution in [2.45, 2.75) is 26.7 Å². The van der Waals surface area contributed by atoms with Crippen molar-refractivity contribution in [1.29, 1.82) is 0 Å². The van der Waals surface area contributed by atoms with Gasteiger partial charge in [0.15, 0.2) is 0 Å². The Morgan fingerprint density at radius 1 is 1.38 bits per heavy atom. The number of rotatable bonds is 3. The van der Waals surface area contributed by atoms with Crippen LogP contribution in [0.15, 0.2) is 30.5 Å². The van der Waals surface area contributed by atoms with Crippen molar-refractivity contribution in [1.82, 2.24) is 9.97 Å². The fourth-order valence-electron chi connectivity index (χ4n) is 2.91. The Balaban J connectivity index is 1.78. The van der Waals surface area contributed by atoms with Gasteiger partial charge in [-0.2, -0.15) is 0 Å². The number of piperidine rings is 1. The van der Waals surface area contributed by atoms with Crippen molar-refractivity contribution in [3.8, 4) is 0 Å². The third kappa shape index (κ3) is 3.85. The van der Waals surface area contributed by atoms with Crippen LogP contribution in [-0.2, 0) is 0 Å². The summed E-state index contributed by atoms with van der Waals surface area (Å²) in [5, 5.41) is 3.46. The summed E-state index contributed by atoms with van der Waals surface area (Å²) in [6.07, 6.45) is 3.99. The summed E-state index contributed by atoms with van der Waals surface area (Å²) in [5.74, 6) is 0.986. The second-order valence-corrected chi connectivity index (χ2v) is 6.79. The number of aryl methyl sites for hydroxylation is 1. The number of anilines is 2. The van der Waals surface area contributed by atoms with Crippen LogP contribution in [0.5, 0.6) is 0 Å². The van der Waals surface area contributed by atoms with E-state index in [0.29, 0.717) is 28.3 Å². The first-order valence-electron chi connectivity index (χ1n) is 8.18. The first-order valence-corrected chi connectivity index (χ1v) is 8.56. The lowest BCUT2D eigenvalue weighted by Gasteiger charge is -2.30. The van der Waals surface area contributed by atoms with Crippen LogP contribution in [0.3, 0.4) is 0 Å². The van der Waals surface area contributed by atoms with Gasteiger partial charge in [-0.3, -0.25) is 4.79 Å². The van der Waals surface area contributed by atoms with Crippen LogP contribution in [0, 0.1) is 12.8 Å². The summed E-state index contributed by atoms with van der Waals surface area (Å²) in [5.41, 5.74) is 2.00. The Bertz CT molecular complexity index is 750. The number of carbonyl (C=O) groups is 1. The van der Waals surface area contributed by atoms with E-state index in [1.54, 1.807) is 24.4 Å². The largest absolute Gasteiger partial charge is 0.341 e. The van der Waals surface area contributed by atoms with Crippen LogP contribution in [0.2, 0.25) is 5.02 Å². The molecule has 1 atom stereocenters. The molecule has 0 radical (unpaired) electrons. The monoisotopic (exact) mass is 344 g/mol. The van der Waals surface area contributed by atoms with E-state index < -0.39 is 0 Å². The number of hydrogen-bond acceptors (Lipinski definition) is 4. The van der Waals surface area contributed by atoms with Crippen molar-refractivity contribution < 1.29 is 4.79 Å². The van der Waals surface area contributed by atoms with Crippen molar-refractivity contribution in [3.05, 3.63) is 46.7 Å². The molecule has 24 heavy (non-hydrogen) atoms. The fourth-order valence-corrected chi connectivity index (χ4v) is 3.09. The first kappa shape index (κ1) is 16.7. The number of amides is 1. The summed E-state index contributed by atoms with van der Waals surface area (Å²) in [4.78, 5) is 23.4. The van der Waals surface area contributed by atoms with Gasteiger partial charge < -0.3 is 10.2 Å². The van der Waals surface area contributed by atoms with Crippen LogP contribution in [0.25, 0.3) is 0 Å². The van der Waals surface area contributed by atoms with Gasteiger partial charge in [-0.05, 0) is 49.4 Å².